The van der Waals surface area contributed by atoms with Gasteiger partial charge in [-0.25, -0.2) is 9.36 Å². The summed E-state index contributed by atoms with van der Waals surface area (Å²) in [4.78, 5) is 36.2. The van der Waals surface area contributed by atoms with Gasteiger partial charge in [0.1, 0.15) is 0 Å². The molecule has 30 heavy (non-hydrogen) atoms. The molecule has 0 aliphatic heterocycles. The number of nitrogens with one attached hydrogen (secondary N) is 1. The van der Waals surface area contributed by atoms with Crippen LogP contribution in [-0.4, -0.2) is 15.5 Å². The van der Waals surface area contributed by atoms with Crippen LogP contribution in [0.5, 0.6) is 0 Å². The highest BCUT2D eigenvalue weighted by molar-refractivity contribution is 5.78. The van der Waals surface area contributed by atoms with Gasteiger partial charge >= 0.3 is 5.69 Å². The van der Waals surface area contributed by atoms with E-state index in [1.165, 1.54) is 0 Å². The fourth-order valence-electron chi connectivity index (χ4n) is 2.49. The Bertz CT molecular complexity index is 902. The molecular weight excluding hydrogens is 383 g/mol. The molecule has 0 spiro atoms. The quantitative estimate of drug-likeness (QED) is 0.354. The molecule has 1 rings (SSSR count). The third kappa shape index (κ3) is 11.1. The fourth-order valence-corrected chi connectivity index (χ4v) is 2.49. The molecule has 0 fully saturated rings. The van der Waals surface area contributed by atoms with Gasteiger partial charge in [0.15, 0.2) is 0 Å². The number of halogens is 1. The Kier molecular flexibility index (Phi) is 13.2. The second-order valence-corrected chi connectivity index (χ2v) is 6.60. The number of allylic oxidation sites excluding steroid dienone is 10. The Balaban J connectivity index is 2.14. The van der Waals surface area contributed by atoms with E-state index in [0.29, 0.717) is 23.6 Å². The van der Waals surface area contributed by atoms with Crippen LogP contribution in [0.3, 0.4) is 0 Å². The van der Waals surface area contributed by atoms with Gasteiger partial charge < -0.3 is 0 Å². The Morgan fingerprint density at radius 1 is 0.900 bits per heavy atom. The van der Waals surface area contributed by atoms with E-state index in [1.54, 1.807) is 4.98 Å². The normalized spacial score (nSPS) is 12.5. The maximum Gasteiger partial charge on any atom is 0.335 e. The van der Waals surface area contributed by atoms with Crippen LogP contribution in [0.2, 0.25) is 0 Å². The molecule has 162 valence electrons. The number of hydrogen-bond donors (Lipinski definition) is 1. The number of carbonyl (C=O) groups excluding carboxylic acids is 1. The zero-order chi connectivity index (χ0) is 22.0. The first-order valence-electron chi connectivity index (χ1n) is 10.4. The molecule has 1 heterocycles. The lowest BCUT2D eigenvalue weighted by Crippen LogP contribution is -2.34. The predicted molar refractivity (Wildman–Crippen MR) is 120 cm³/mol. The van der Waals surface area contributed by atoms with Crippen LogP contribution in [-0.2, 0) is 0 Å². The van der Waals surface area contributed by atoms with Crippen molar-refractivity contribution in [2.75, 3.05) is 0 Å². The minimum Gasteiger partial charge on any atom is -0.274 e. The van der Waals surface area contributed by atoms with Crippen LogP contribution in [0.4, 0.5) is 4.39 Å². The van der Waals surface area contributed by atoms with Gasteiger partial charge in [0.05, 0.1) is 6.20 Å². The van der Waals surface area contributed by atoms with Crippen molar-refractivity contribution < 1.29 is 9.18 Å². The second kappa shape index (κ2) is 15.9. The molecule has 0 bridgehead atoms. The Morgan fingerprint density at radius 3 is 1.93 bits per heavy atom. The van der Waals surface area contributed by atoms with Crippen molar-refractivity contribution in [2.45, 2.75) is 58.3 Å². The summed E-state index contributed by atoms with van der Waals surface area (Å²) in [5.74, 6) is -1.69. The van der Waals surface area contributed by atoms with E-state index in [4.69, 9.17) is 0 Å². The van der Waals surface area contributed by atoms with E-state index < -0.39 is 23.0 Å². The van der Waals surface area contributed by atoms with Crippen molar-refractivity contribution in [1.29, 1.82) is 0 Å². The molecule has 0 saturated heterocycles. The van der Waals surface area contributed by atoms with Crippen molar-refractivity contribution >= 4 is 5.91 Å². The van der Waals surface area contributed by atoms with Gasteiger partial charge in [-0.15, -0.1) is 0 Å². The summed E-state index contributed by atoms with van der Waals surface area (Å²) in [6, 6.07) is 0. The van der Waals surface area contributed by atoms with Crippen LogP contribution in [0, 0.1) is 5.82 Å². The van der Waals surface area contributed by atoms with Crippen LogP contribution < -0.4 is 11.2 Å². The van der Waals surface area contributed by atoms with Crippen molar-refractivity contribution in [3.63, 3.8) is 0 Å². The minimum absolute atomic E-state index is 0.0969. The van der Waals surface area contributed by atoms with Crippen molar-refractivity contribution in [3.05, 3.63) is 93.6 Å². The first kappa shape index (κ1) is 25.0. The average Bonchev–Trinajstić information content (AvgIpc) is 2.72. The molecule has 0 atom stereocenters. The van der Waals surface area contributed by atoms with Gasteiger partial charge in [-0.1, -0.05) is 67.7 Å². The molecule has 0 amide bonds. The number of hydrogen-bond acceptors (Lipinski definition) is 3. The summed E-state index contributed by atoms with van der Waals surface area (Å²) in [7, 11) is 0. The third-order valence-corrected chi connectivity index (χ3v) is 4.09. The molecular formula is C24H31FN2O3. The molecule has 0 aliphatic carbocycles. The number of aromatic nitrogens is 2. The molecule has 5 nitrogen and oxygen atoms in total. The summed E-state index contributed by atoms with van der Waals surface area (Å²) < 4.78 is 13.8. The Hall–Kier alpha value is -3.02. The van der Waals surface area contributed by atoms with Gasteiger partial charge in [0, 0.05) is 6.42 Å². The summed E-state index contributed by atoms with van der Waals surface area (Å²) in [5, 5.41) is 0. The van der Waals surface area contributed by atoms with E-state index in [9.17, 15) is 18.8 Å². The van der Waals surface area contributed by atoms with Gasteiger partial charge in [0.2, 0.25) is 11.7 Å². The lowest BCUT2D eigenvalue weighted by molar-refractivity contribution is 0.0892. The molecule has 0 saturated carbocycles. The Labute approximate surface area is 177 Å². The van der Waals surface area contributed by atoms with E-state index in [0.717, 1.165) is 32.1 Å². The van der Waals surface area contributed by atoms with E-state index in [1.807, 2.05) is 12.2 Å². The van der Waals surface area contributed by atoms with E-state index in [2.05, 4.69) is 55.5 Å². The van der Waals surface area contributed by atoms with Crippen LogP contribution in [0.15, 0.2) is 76.5 Å². The van der Waals surface area contributed by atoms with Gasteiger partial charge in [0.25, 0.3) is 5.56 Å². The van der Waals surface area contributed by atoms with E-state index >= 15 is 0 Å². The summed E-state index contributed by atoms with van der Waals surface area (Å²) in [6.45, 7) is 2.13. The van der Waals surface area contributed by atoms with Crippen molar-refractivity contribution in [3.8, 4) is 0 Å². The number of carbonyl (C=O) groups is 1. The molecule has 0 radical (unpaired) electrons. The molecule has 0 aliphatic rings. The smallest absolute Gasteiger partial charge is 0.274 e. The zero-order valence-electron chi connectivity index (χ0n) is 17.6. The highest BCUT2D eigenvalue weighted by atomic mass is 19.1. The number of H-pyrrole nitrogens is 1. The number of unbranched alkanes of at least 4 members (excludes halogenated alkanes) is 1. The second-order valence-electron chi connectivity index (χ2n) is 6.60. The number of aromatic amines is 1. The third-order valence-electron chi connectivity index (χ3n) is 4.09. The topological polar surface area (TPSA) is 71.9 Å². The first-order chi connectivity index (χ1) is 14.6. The standard InChI is InChI=1S/C24H31FN2O3/c1-2-3-4-5-6-7-8-9-10-11-12-13-14-15-16-17-18-19-22(28)27-20-21(25)23(29)26-24(27)30/h3-4,6-7,9-10,12-13,15-16,20H,2,5,8,11,14,17-19H2,1H3,(H,26,29,30)/b4-3+,7-6+,10-9+,13-12+,16-15+. The molecule has 1 aromatic heterocycles. The first-order valence-corrected chi connectivity index (χ1v) is 10.4. The van der Waals surface area contributed by atoms with E-state index in [-0.39, 0.29) is 6.42 Å². The molecule has 1 N–H and O–H groups in total. The Morgan fingerprint density at radius 2 is 1.40 bits per heavy atom. The molecule has 0 aromatic carbocycles. The monoisotopic (exact) mass is 414 g/mol. The summed E-state index contributed by atoms with van der Waals surface area (Å²) in [6.07, 6.45) is 27.8. The number of rotatable bonds is 13. The highest BCUT2D eigenvalue weighted by Gasteiger charge is 2.10. The maximum absolute atomic E-state index is 13.2. The lowest BCUT2D eigenvalue weighted by Gasteiger charge is -2.02. The molecule has 6 heteroatoms. The van der Waals surface area contributed by atoms with Crippen LogP contribution >= 0.6 is 0 Å². The summed E-state index contributed by atoms with van der Waals surface area (Å²) >= 11 is 0. The number of nitrogens with zero attached hydrogens (tertiary/aromatic N) is 1. The molecule has 1 aromatic rings. The largest absolute Gasteiger partial charge is 0.335 e. The maximum atomic E-state index is 13.2. The predicted octanol–water partition coefficient (Wildman–Crippen LogP) is 5.24. The van der Waals surface area contributed by atoms with Gasteiger partial charge in [-0.2, -0.15) is 4.39 Å². The fraction of sp³-hybridized carbons (Fsp3) is 0.375. The summed E-state index contributed by atoms with van der Waals surface area (Å²) in [5.41, 5.74) is -2.04. The minimum atomic E-state index is -1.15. The van der Waals surface area contributed by atoms with Gasteiger partial charge in [-0.05, 0) is 44.9 Å². The van der Waals surface area contributed by atoms with Crippen molar-refractivity contribution in [2.24, 2.45) is 0 Å². The van der Waals surface area contributed by atoms with Gasteiger partial charge in [-0.3, -0.25) is 14.6 Å². The van der Waals surface area contributed by atoms with Crippen LogP contribution in [0.1, 0.15) is 63.1 Å². The van der Waals surface area contributed by atoms with Crippen LogP contribution in [0.25, 0.3) is 0 Å². The molecule has 0 unspecified atom stereocenters. The van der Waals surface area contributed by atoms with Crippen molar-refractivity contribution in [1.82, 2.24) is 9.55 Å². The zero-order valence-corrected chi connectivity index (χ0v) is 17.6. The average molecular weight is 415 g/mol. The SMILES string of the molecule is CC/C=C/C/C=C/C/C=C/C/C=C/C/C=C/CCCC(=O)n1cc(F)c(=O)[nH]c1=O. The highest BCUT2D eigenvalue weighted by Crippen LogP contribution is 2.01. The lowest BCUT2D eigenvalue weighted by atomic mass is 10.2.